The van der Waals surface area contributed by atoms with Gasteiger partial charge in [-0.3, -0.25) is 14.5 Å². The van der Waals surface area contributed by atoms with E-state index < -0.39 is 0 Å². The van der Waals surface area contributed by atoms with E-state index in [1.165, 1.54) is 6.07 Å². The Labute approximate surface area is 180 Å². The Hall–Kier alpha value is -2.84. The lowest BCUT2D eigenvalue weighted by atomic mass is 10.1. The predicted octanol–water partition coefficient (Wildman–Crippen LogP) is 3.65. The largest absolute Gasteiger partial charge is 0.335 e. The van der Waals surface area contributed by atoms with Crippen molar-refractivity contribution in [2.75, 3.05) is 27.2 Å². The zero-order chi connectivity index (χ0) is 21.7. The summed E-state index contributed by atoms with van der Waals surface area (Å²) in [4.78, 5) is 16.9. The molecule has 158 valence electrons. The minimum absolute atomic E-state index is 0.0283. The number of halogens is 1. The molecule has 3 rings (SSSR count). The lowest BCUT2D eigenvalue weighted by Gasteiger charge is -2.25. The molecule has 0 aliphatic heterocycles. The standard InChI is InChI=1S/C22H26FN5OS/c1-16-7-6-9-17(13-16)21-24-25-22(30)28(21)15-20(29)27(12-11-26(2)3)14-18-8-4-5-10-19(18)23/h4-10,13H,11-12,14-15H2,1-3H3,(H,25,30). The van der Waals surface area contributed by atoms with Gasteiger partial charge < -0.3 is 9.80 Å². The summed E-state index contributed by atoms with van der Waals surface area (Å²) in [5, 5.41) is 7.10. The molecular formula is C22H26FN5OS. The smallest absolute Gasteiger partial charge is 0.243 e. The number of likely N-dealkylation sites (N-methyl/N-ethyl adjacent to an activating group) is 1. The minimum atomic E-state index is -0.319. The van der Waals surface area contributed by atoms with Crippen molar-refractivity contribution in [1.29, 1.82) is 0 Å². The predicted molar refractivity (Wildman–Crippen MR) is 118 cm³/mol. The van der Waals surface area contributed by atoms with Crippen molar-refractivity contribution in [3.8, 4) is 11.4 Å². The Morgan fingerprint density at radius 2 is 1.93 bits per heavy atom. The fourth-order valence-electron chi connectivity index (χ4n) is 3.15. The Morgan fingerprint density at radius 1 is 1.17 bits per heavy atom. The van der Waals surface area contributed by atoms with Gasteiger partial charge in [0.25, 0.3) is 0 Å². The summed E-state index contributed by atoms with van der Waals surface area (Å²) in [6.45, 7) is 3.37. The van der Waals surface area contributed by atoms with Crippen LogP contribution in [0.15, 0.2) is 48.5 Å². The minimum Gasteiger partial charge on any atom is -0.335 e. The van der Waals surface area contributed by atoms with E-state index in [2.05, 4.69) is 10.2 Å². The fourth-order valence-corrected chi connectivity index (χ4v) is 3.35. The molecule has 6 nitrogen and oxygen atoms in total. The van der Waals surface area contributed by atoms with Gasteiger partial charge in [-0.1, -0.05) is 42.0 Å². The van der Waals surface area contributed by atoms with Crippen LogP contribution in [0.3, 0.4) is 0 Å². The Bertz CT molecular complexity index is 1080. The zero-order valence-electron chi connectivity index (χ0n) is 17.4. The number of nitrogens with zero attached hydrogens (tertiary/aromatic N) is 4. The first-order valence-corrected chi connectivity index (χ1v) is 10.1. The molecule has 1 amide bonds. The molecule has 1 N–H and O–H groups in total. The highest BCUT2D eigenvalue weighted by Gasteiger charge is 2.19. The number of aromatic amines is 1. The quantitative estimate of drug-likeness (QED) is 0.558. The maximum absolute atomic E-state index is 14.2. The molecule has 3 aromatic rings. The third-order valence-corrected chi connectivity index (χ3v) is 5.13. The summed E-state index contributed by atoms with van der Waals surface area (Å²) in [7, 11) is 3.88. The summed E-state index contributed by atoms with van der Waals surface area (Å²) in [6.07, 6.45) is 0. The molecular weight excluding hydrogens is 401 g/mol. The van der Waals surface area contributed by atoms with Gasteiger partial charge in [-0.15, -0.1) is 0 Å². The van der Waals surface area contributed by atoms with Crippen LogP contribution in [0.1, 0.15) is 11.1 Å². The monoisotopic (exact) mass is 427 g/mol. The molecule has 0 aliphatic rings. The van der Waals surface area contributed by atoms with E-state index in [-0.39, 0.29) is 24.8 Å². The van der Waals surface area contributed by atoms with Crippen molar-refractivity contribution in [3.05, 3.63) is 70.2 Å². The van der Waals surface area contributed by atoms with Gasteiger partial charge in [0.15, 0.2) is 10.6 Å². The highest BCUT2D eigenvalue weighted by atomic mass is 32.1. The Kier molecular flexibility index (Phi) is 7.12. The average molecular weight is 428 g/mol. The van der Waals surface area contributed by atoms with E-state index in [1.807, 2.05) is 50.2 Å². The van der Waals surface area contributed by atoms with Crippen LogP contribution in [0, 0.1) is 17.5 Å². The number of nitrogens with one attached hydrogen (secondary N) is 1. The molecule has 30 heavy (non-hydrogen) atoms. The van der Waals surface area contributed by atoms with E-state index >= 15 is 0 Å². The topological polar surface area (TPSA) is 57.2 Å². The molecule has 0 bridgehead atoms. The van der Waals surface area contributed by atoms with Crippen molar-refractivity contribution in [1.82, 2.24) is 24.6 Å². The molecule has 0 saturated heterocycles. The summed E-state index contributed by atoms with van der Waals surface area (Å²) < 4.78 is 16.3. The van der Waals surface area contributed by atoms with Crippen LogP contribution in [0.25, 0.3) is 11.4 Å². The van der Waals surface area contributed by atoms with Gasteiger partial charge in [0.1, 0.15) is 12.4 Å². The number of benzene rings is 2. The average Bonchev–Trinajstić information content (AvgIpc) is 3.06. The van der Waals surface area contributed by atoms with Gasteiger partial charge in [0.2, 0.25) is 5.91 Å². The van der Waals surface area contributed by atoms with Crippen LogP contribution in [0.2, 0.25) is 0 Å². The summed E-state index contributed by atoms with van der Waals surface area (Å²) in [5.41, 5.74) is 2.45. The summed E-state index contributed by atoms with van der Waals surface area (Å²) in [6, 6.07) is 14.4. The molecule has 0 fully saturated rings. The van der Waals surface area contributed by atoms with Crippen LogP contribution >= 0.6 is 12.2 Å². The van der Waals surface area contributed by atoms with Crippen molar-refractivity contribution >= 4 is 18.1 Å². The first-order chi connectivity index (χ1) is 14.3. The second kappa shape index (κ2) is 9.77. The van der Waals surface area contributed by atoms with Crippen LogP contribution in [-0.4, -0.2) is 57.7 Å². The molecule has 0 saturated carbocycles. The van der Waals surface area contributed by atoms with E-state index in [4.69, 9.17) is 12.2 Å². The Balaban J connectivity index is 1.86. The van der Waals surface area contributed by atoms with Crippen LogP contribution in [0.4, 0.5) is 4.39 Å². The SMILES string of the molecule is Cc1cccc(-c2n[nH]c(=S)n2CC(=O)N(CCN(C)C)Cc2ccccc2F)c1. The van der Waals surface area contributed by atoms with Gasteiger partial charge in [-0.2, -0.15) is 5.10 Å². The normalized spacial score (nSPS) is 11.1. The lowest BCUT2D eigenvalue weighted by molar-refractivity contribution is -0.132. The maximum Gasteiger partial charge on any atom is 0.243 e. The third kappa shape index (κ3) is 5.40. The van der Waals surface area contributed by atoms with Gasteiger partial charge in [-0.25, -0.2) is 4.39 Å². The van der Waals surface area contributed by atoms with E-state index in [0.29, 0.717) is 29.2 Å². The number of carbonyl (C=O) groups is 1. The maximum atomic E-state index is 14.2. The second-order valence-corrected chi connectivity index (χ2v) is 7.90. The molecule has 0 aliphatic carbocycles. The molecule has 1 aromatic heterocycles. The van der Waals surface area contributed by atoms with Crippen molar-refractivity contribution in [2.24, 2.45) is 0 Å². The van der Waals surface area contributed by atoms with Crippen molar-refractivity contribution in [2.45, 2.75) is 20.0 Å². The van der Waals surface area contributed by atoms with Crippen molar-refractivity contribution in [3.63, 3.8) is 0 Å². The fraction of sp³-hybridized carbons (Fsp3) is 0.318. The van der Waals surface area contributed by atoms with Gasteiger partial charge in [-0.05, 0) is 45.4 Å². The third-order valence-electron chi connectivity index (χ3n) is 4.82. The first-order valence-electron chi connectivity index (χ1n) is 9.73. The number of carbonyl (C=O) groups excluding carboxylic acids is 1. The van der Waals surface area contributed by atoms with Gasteiger partial charge in [0.05, 0.1) is 0 Å². The first kappa shape index (κ1) is 21.9. The molecule has 2 aromatic carbocycles. The van der Waals surface area contributed by atoms with Crippen LogP contribution < -0.4 is 0 Å². The number of hydrogen-bond acceptors (Lipinski definition) is 4. The molecule has 1 heterocycles. The summed E-state index contributed by atoms with van der Waals surface area (Å²) in [5.74, 6) is 0.141. The number of aromatic nitrogens is 3. The van der Waals surface area contributed by atoms with E-state index in [0.717, 1.165) is 11.1 Å². The number of rotatable bonds is 8. The van der Waals surface area contributed by atoms with Crippen molar-refractivity contribution < 1.29 is 9.18 Å². The van der Waals surface area contributed by atoms with Crippen LogP contribution in [0.5, 0.6) is 0 Å². The molecule has 8 heteroatoms. The second-order valence-electron chi connectivity index (χ2n) is 7.52. The molecule has 0 unspecified atom stereocenters. The Morgan fingerprint density at radius 3 is 2.63 bits per heavy atom. The summed E-state index contributed by atoms with van der Waals surface area (Å²) >= 11 is 5.37. The van der Waals surface area contributed by atoms with Gasteiger partial charge >= 0.3 is 0 Å². The molecule has 0 spiro atoms. The number of H-pyrrole nitrogens is 1. The zero-order valence-corrected chi connectivity index (χ0v) is 18.2. The van der Waals surface area contributed by atoms with E-state index in [1.54, 1.807) is 27.7 Å². The highest BCUT2D eigenvalue weighted by molar-refractivity contribution is 7.71. The lowest BCUT2D eigenvalue weighted by Crippen LogP contribution is -2.38. The number of hydrogen-bond donors (Lipinski definition) is 1. The molecule has 0 atom stereocenters. The number of amides is 1. The number of aryl methyl sites for hydroxylation is 1. The highest BCUT2D eigenvalue weighted by Crippen LogP contribution is 2.19. The van der Waals surface area contributed by atoms with Crippen LogP contribution in [-0.2, 0) is 17.9 Å². The van der Waals surface area contributed by atoms with Gasteiger partial charge in [0, 0.05) is 30.8 Å². The molecule has 0 radical (unpaired) electrons. The van der Waals surface area contributed by atoms with E-state index in [9.17, 15) is 9.18 Å².